The molecule has 5 heteroatoms. The highest BCUT2D eigenvalue weighted by molar-refractivity contribution is 9.10. The van der Waals surface area contributed by atoms with Crippen LogP contribution in [-0.2, 0) is 4.79 Å². The number of aryl methyl sites for hydroxylation is 1. The van der Waals surface area contributed by atoms with Crippen LogP contribution in [0.4, 0.5) is 5.69 Å². The summed E-state index contributed by atoms with van der Waals surface area (Å²) >= 11 is 3.27. The fourth-order valence-corrected chi connectivity index (χ4v) is 1.58. The molecule has 4 nitrogen and oxygen atoms in total. The number of halogens is 1. The molecule has 0 fully saturated rings. The molecule has 0 aliphatic heterocycles. The largest absolute Gasteiger partial charge is 0.323 e. The smallest absolute Gasteiger partial charge is 0.241 e. The topological polar surface area (TPSA) is 68.0 Å². The molecule has 1 aromatic heterocycles. The van der Waals surface area contributed by atoms with E-state index in [1.807, 2.05) is 20.8 Å². The predicted molar refractivity (Wildman–Crippen MR) is 68.1 cm³/mol. The summed E-state index contributed by atoms with van der Waals surface area (Å²) in [5.41, 5.74) is 7.21. The maximum atomic E-state index is 11.7. The summed E-state index contributed by atoms with van der Waals surface area (Å²) in [7, 11) is 0. The molecule has 0 bridgehead atoms. The zero-order valence-corrected chi connectivity index (χ0v) is 11.2. The van der Waals surface area contributed by atoms with E-state index in [4.69, 9.17) is 5.73 Å². The van der Waals surface area contributed by atoms with Crippen molar-refractivity contribution in [3.8, 4) is 0 Å². The van der Waals surface area contributed by atoms with Gasteiger partial charge in [0.05, 0.1) is 17.4 Å². The molecular formula is C11H16BrN3O. The third-order valence-electron chi connectivity index (χ3n) is 2.33. The minimum atomic E-state index is -0.497. The number of carbonyl (C=O) groups is 1. The van der Waals surface area contributed by atoms with Crippen molar-refractivity contribution in [1.82, 2.24) is 4.98 Å². The van der Waals surface area contributed by atoms with Gasteiger partial charge in [-0.05, 0) is 40.9 Å². The Morgan fingerprint density at radius 1 is 1.50 bits per heavy atom. The third-order valence-corrected chi connectivity index (χ3v) is 2.77. The van der Waals surface area contributed by atoms with Crippen molar-refractivity contribution >= 4 is 27.5 Å². The van der Waals surface area contributed by atoms with Crippen LogP contribution in [0.15, 0.2) is 16.7 Å². The number of nitrogens with one attached hydrogen (secondary N) is 1. The molecule has 1 amide bonds. The first-order chi connectivity index (χ1) is 7.41. The van der Waals surface area contributed by atoms with Crippen LogP contribution in [0.1, 0.15) is 19.5 Å². The van der Waals surface area contributed by atoms with Crippen LogP contribution < -0.4 is 11.1 Å². The maximum Gasteiger partial charge on any atom is 0.241 e. The SMILES string of the molecule is Cc1nc(Br)ccc1NC(=O)[C@@H](N)C(C)C. The standard InChI is InChI=1S/C11H16BrN3O/c1-6(2)10(13)11(16)15-8-4-5-9(12)14-7(8)3/h4-6,10H,13H2,1-3H3,(H,15,16)/t10-/m0/s1. The Balaban J connectivity index is 2.77. The van der Waals surface area contributed by atoms with E-state index in [1.54, 1.807) is 12.1 Å². The van der Waals surface area contributed by atoms with E-state index in [0.717, 1.165) is 10.3 Å². The van der Waals surface area contributed by atoms with Crippen LogP contribution in [0.3, 0.4) is 0 Å². The van der Waals surface area contributed by atoms with E-state index in [0.29, 0.717) is 5.69 Å². The predicted octanol–water partition coefficient (Wildman–Crippen LogP) is 2.07. The van der Waals surface area contributed by atoms with E-state index in [2.05, 4.69) is 26.2 Å². The Hall–Kier alpha value is -0.940. The number of hydrogen-bond donors (Lipinski definition) is 2. The van der Waals surface area contributed by atoms with Crippen LogP contribution >= 0.6 is 15.9 Å². The Morgan fingerprint density at radius 3 is 2.62 bits per heavy atom. The van der Waals surface area contributed by atoms with E-state index in [-0.39, 0.29) is 11.8 Å². The number of pyridine rings is 1. The van der Waals surface area contributed by atoms with Gasteiger partial charge in [-0.1, -0.05) is 13.8 Å². The second kappa shape index (κ2) is 5.41. The van der Waals surface area contributed by atoms with Gasteiger partial charge in [0, 0.05) is 0 Å². The summed E-state index contributed by atoms with van der Waals surface area (Å²) in [6.45, 7) is 5.66. The van der Waals surface area contributed by atoms with Crippen molar-refractivity contribution in [3.63, 3.8) is 0 Å². The van der Waals surface area contributed by atoms with Gasteiger partial charge < -0.3 is 11.1 Å². The quantitative estimate of drug-likeness (QED) is 0.836. The second-order valence-electron chi connectivity index (χ2n) is 4.03. The van der Waals surface area contributed by atoms with Gasteiger partial charge in [-0.15, -0.1) is 0 Å². The van der Waals surface area contributed by atoms with Crippen molar-refractivity contribution in [3.05, 3.63) is 22.4 Å². The maximum absolute atomic E-state index is 11.7. The van der Waals surface area contributed by atoms with E-state index in [9.17, 15) is 4.79 Å². The molecule has 0 unspecified atom stereocenters. The summed E-state index contributed by atoms with van der Waals surface area (Å²) in [4.78, 5) is 15.9. The number of carbonyl (C=O) groups excluding carboxylic acids is 1. The highest BCUT2D eigenvalue weighted by Crippen LogP contribution is 2.16. The number of hydrogen-bond acceptors (Lipinski definition) is 3. The molecule has 0 spiro atoms. The molecule has 1 heterocycles. The van der Waals surface area contributed by atoms with Crippen molar-refractivity contribution in [1.29, 1.82) is 0 Å². The Bertz CT molecular complexity index is 393. The minimum Gasteiger partial charge on any atom is -0.323 e. The molecule has 3 N–H and O–H groups in total. The van der Waals surface area contributed by atoms with E-state index >= 15 is 0 Å². The summed E-state index contributed by atoms with van der Waals surface area (Å²) in [6.07, 6.45) is 0. The highest BCUT2D eigenvalue weighted by atomic mass is 79.9. The Morgan fingerprint density at radius 2 is 2.12 bits per heavy atom. The number of nitrogens with two attached hydrogens (primary N) is 1. The Kier molecular flexibility index (Phi) is 4.44. The number of nitrogens with zero attached hydrogens (tertiary/aromatic N) is 1. The zero-order valence-electron chi connectivity index (χ0n) is 9.62. The molecular weight excluding hydrogens is 270 g/mol. The van der Waals surface area contributed by atoms with Gasteiger partial charge in [0.25, 0.3) is 0 Å². The Labute approximate surface area is 104 Å². The number of aromatic nitrogens is 1. The van der Waals surface area contributed by atoms with Crippen molar-refractivity contribution in [2.75, 3.05) is 5.32 Å². The lowest BCUT2D eigenvalue weighted by atomic mass is 10.0. The average molecular weight is 286 g/mol. The van der Waals surface area contributed by atoms with Gasteiger partial charge in [0.15, 0.2) is 0 Å². The van der Waals surface area contributed by atoms with Crippen LogP contribution in [0.2, 0.25) is 0 Å². The van der Waals surface area contributed by atoms with Gasteiger partial charge in [-0.3, -0.25) is 4.79 Å². The fraction of sp³-hybridized carbons (Fsp3) is 0.455. The van der Waals surface area contributed by atoms with E-state index in [1.165, 1.54) is 0 Å². The summed E-state index contributed by atoms with van der Waals surface area (Å²) in [6, 6.07) is 3.09. The van der Waals surface area contributed by atoms with Crippen LogP contribution in [-0.4, -0.2) is 16.9 Å². The molecule has 1 atom stereocenters. The van der Waals surface area contributed by atoms with Crippen molar-refractivity contribution in [2.45, 2.75) is 26.8 Å². The molecule has 88 valence electrons. The average Bonchev–Trinajstić information content (AvgIpc) is 2.20. The fourth-order valence-electron chi connectivity index (χ4n) is 1.18. The first-order valence-electron chi connectivity index (χ1n) is 5.11. The molecule has 0 saturated carbocycles. The van der Waals surface area contributed by atoms with Gasteiger partial charge in [-0.2, -0.15) is 0 Å². The monoisotopic (exact) mass is 285 g/mol. The summed E-state index contributed by atoms with van der Waals surface area (Å²) in [5.74, 6) is -0.0639. The third kappa shape index (κ3) is 3.28. The normalized spacial score (nSPS) is 12.6. The van der Waals surface area contributed by atoms with Gasteiger partial charge >= 0.3 is 0 Å². The van der Waals surface area contributed by atoms with Crippen LogP contribution in [0.25, 0.3) is 0 Å². The molecule has 0 aliphatic carbocycles. The summed E-state index contributed by atoms with van der Waals surface area (Å²) < 4.78 is 0.746. The minimum absolute atomic E-state index is 0.115. The van der Waals surface area contributed by atoms with Crippen molar-refractivity contribution < 1.29 is 4.79 Å². The van der Waals surface area contributed by atoms with Gasteiger partial charge in [0.1, 0.15) is 4.60 Å². The lowest BCUT2D eigenvalue weighted by Gasteiger charge is -2.16. The van der Waals surface area contributed by atoms with Gasteiger partial charge in [-0.25, -0.2) is 4.98 Å². The molecule has 0 aromatic carbocycles. The van der Waals surface area contributed by atoms with Crippen LogP contribution in [0.5, 0.6) is 0 Å². The van der Waals surface area contributed by atoms with Crippen molar-refractivity contribution in [2.24, 2.45) is 11.7 Å². The molecule has 1 rings (SSSR count). The molecule has 16 heavy (non-hydrogen) atoms. The molecule has 0 aliphatic rings. The first kappa shape index (κ1) is 13.1. The lowest BCUT2D eigenvalue weighted by Crippen LogP contribution is -2.39. The molecule has 0 radical (unpaired) electrons. The van der Waals surface area contributed by atoms with Gasteiger partial charge in [0.2, 0.25) is 5.91 Å². The number of rotatable bonds is 3. The molecule has 1 aromatic rings. The zero-order chi connectivity index (χ0) is 12.3. The number of amides is 1. The summed E-state index contributed by atoms with van der Waals surface area (Å²) in [5, 5.41) is 2.77. The second-order valence-corrected chi connectivity index (χ2v) is 4.84. The van der Waals surface area contributed by atoms with Crippen LogP contribution in [0, 0.1) is 12.8 Å². The lowest BCUT2D eigenvalue weighted by molar-refractivity contribution is -0.118. The molecule has 0 saturated heterocycles. The first-order valence-corrected chi connectivity index (χ1v) is 5.90. The van der Waals surface area contributed by atoms with E-state index < -0.39 is 6.04 Å². The highest BCUT2D eigenvalue weighted by Gasteiger charge is 2.17. The number of anilines is 1.